The van der Waals surface area contributed by atoms with E-state index >= 15 is 0 Å². The van der Waals surface area contributed by atoms with Gasteiger partial charge in [0.25, 0.3) is 5.91 Å². The number of amides is 1. The lowest BCUT2D eigenvalue weighted by atomic mass is 9.94. The molecule has 2 aromatic heterocycles. The normalized spacial score (nSPS) is 17.6. The van der Waals surface area contributed by atoms with E-state index in [4.69, 9.17) is 4.74 Å². The Morgan fingerprint density at radius 3 is 2.59 bits per heavy atom. The number of ether oxygens (including phenoxy) is 1. The van der Waals surface area contributed by atoms with Crippen LogP contribution in [0.1, 0.15) is 45.3 Å². The van der Waals surface area contributed by atoms with Crippen LogP contribution in [-0.4, -0.2) is 33.7 Å². The van der Waals surface area contributed by atoms with Crippen LogP contribution in [0.4, 0.5) is 4.39 Å². The van der Waals surface area contributed by atoms with Gasteiger partial charge in [0.15, 0.2) is 11.4 Å². The predicted octanol–water partition coefficient (Wildman–Crippen LogP) is 4.60. The fourth-order valence-electron chi connectivity index (χ4n) is 5.23. The maximum absolute atomic E-state index is 14.5. The van der Waals surface area contributed by atoms with Crippen LogP contribution >= 0.6 is 0 Å². The molecule has 4 aromatic rings. The molecule has 0 saturated heterocycles. The molecule has 1 unspecified atom stereocenters. The standard InChI is InChI=1S/C31H27FN4O3/c32-27-16-9-15-25(33-27)28-24-14-7-6-13-23(24)12-5-2-8-18-34-21-36(28)35-19-17-26(37)30(29(35)31(34)38)39-20-22-10-3-1-4-11-22/h1-4,6-11,13-17,19,28H,5,12,18,20-21H2/b8-2-. The van der Waals surface area contributed by atoms with Crippen molar-refractivity contribution >= 4 is 5.91 Å². The van der Waals surface area contributed by atoms with Gasteiger partial charge in [-0.1, -0.05) is 72.8 Å². The molecule has 4 heterocycles. The minimum absolute atomic E-state index is 0.0147. The number of halogens is 1. The van der Waals surface area contributed by atoms with Gasteiger partial charge in [-0.05, 0) is 41.7 Å². The summed E-state index contributed by atoms with van der Waals surface area (Å²) in [4.78, 5) is 32.9. The minimum atomic E-state index is -0.585. The zero-order valence-electron chi connectivity index (χ0n) is 21.2. The Bertz CT molecular complexity index is 1600. The molecule has 0 N–H and O–H groups in total. The summed E-state index contributed by atoms with van der Waals surface area (Å²) in [6.45, 7) is 0.697. The van der Waals surface area contributed by atoms with Crippen LogP contribution in [0, 0.1) is 5.95 Å². The number of benzene rings is 2. The second kappa shape index (κ2) is 10.6. The highest BCUT2D eigenvalue weighted by Crippen LogP contribution is 2.34. The van der Waals surface area contributed by atoms with Crippen LogP contribution in [0.2, 0.25) is 0 Å². The number of hydrogen-bond acceptors (Lipinski definition) is 5. The molecule has 0 spiro atoms. The number of carbonyl (C=O) groups is 1. The summed E-state index contributed by atoms with van der Waals surface area (Å²) in [6, 6.07) is 23.1. The first kappa shape index (κ1) is 24.6. The van der Waals surface area contributed by atoms with E-state index in [0.717, 1.165) is 29.5 Å². The van der Waals surface area contributed by atoms with Crippen molar-refractivity contribution in [2.24, 2.45) is 0 Å². The summed E-state index contributed by atoms with van der Waals surface area (Å²) in [7, 11) is 0. The Kier molecular flexibility index (Phi) is 6.67. The van der Waals surface area contributed by atoms with Gasteiger partial charge in [0.2, 0.25) is 11.4 Å². The van der Waals surface area contributed by atoms with Gasteiger partial charge in [-0.3, -0.25) is 19.3 Å². The molecule has 0 fully saturated rings. The third-order valence-electron chi connectivity index (χ3n) is 7.08. The molecular formula is C31H27FN4O3. The van der Waals surface area contributed by atoms with Gasteiger partial charge in [-0.15, -0.1) is 0 Å². The molecule has 7 nitrogen and oxygen atoms in total. The van der Waals surface area contributed by atoms with Crippen molar-refractivity contribution < 1.29 is 13.9 Å². The Balaban J connectivity index is 1.55. The molecular weight excluding hydrogens is 495 g/mol. The van der Waals surface area contributed by atoms with E-state index in [1.807, 2.05) is 59.6 Å². The first-order chi connectivity index (χ1) is 19.1. The predicted molar refractivity (Wildman–Crippen MR) is 146 cm³/mol. The maximum atomic E-state index is 14.5. The van der Waals surface area contributed by atoms with E-state index in [2.05, 4.69) is 17.1 Å². The number of rotatable bonds is 4. The highest BCUT2D eigenvalue weighted by molar-refractivity contribution is 5.96. The molecule has 0 radical (unpaired) electrons. The van der Waals surface area contributed by atoms with E-state index in [0.29, 0.717) is 12.2 Å². The summed E-state index contributed by atoms with van der Waals surface area (Å²) in [6.07, 6.45) is 7.20. The topological polar surface area (TPSA) is 67.7 Å². The van der Waals surface area contributed by atoms with Crippen LogP contribution in [0.5, 0.6) is 5.75 Å². The number of carbonyl (C=O) groups excluding carboxylic acids is 1. The van der Waals surface area contributed by atoms with Gasteiger partial charge < -0.3 is 9.64 Å². The van der Waals surface area contributed by atoms with Crippen molar-refractivity contribution in [3.63, 3.8) is 0 Å². The fraction of sp³-hybridized carbons (Fsp3) is 0.194. The summed E-state index contributed by atoms with van der Waals surface area (Å²) >= 11 is 0. The number of allylic oxidation sites excluding steroid dienone is 1. The first-order valence-corrected chi connectivity index (χ1v) is 12.9. The second-order valence-corrected chi connectivity index (χ2v) is 9.58. The quantitative estimate of drug-likeness (QED) is 0.289. The van der Waals surface area contributed by atoms with Crippen molar-refractivity contribution in [3.05, 3.63) is 141 Å². The maximum Gasteiger partial charge on any atom is 0.278 e. The Morgan fingerprint density at radius 2 is 1.74 bits per heavy atom. The lowest BCUT2D eigenvalue weighted by Crippen LogP contribution is -2.55. The molecule has 196 valence electrons. The smallest absolute Gasteiger partial charge is 0.278 e. The van der Waals surface area contributed by atoms with Gasteiger partial charge in [0.1, 0.15) is 19.3 Å². The third-order valence-corrected chi connectivity index (χ3v) is 7.08. The molecule has 39 heavy (non-hydrogen) atoms. The van der Waals surface area contributed by atoms with E-state index in [-0.39, 0.29) is 36.1 Å². The summed E-state index contributed by atoms with van der Waals surface area (Å²) in [5, 5.41) is 1.95. The number of aryl methyl sites for hydroxylation is 1. The molecule has 0 saturated carbocycles. The summed E-state index contributed by atoms with van der Waals surface area (Å²) in [5.74, 6) is -0.910. The van der Waals surface area contributed by atoms with Gasteiger partial charge in [0, 0.05) is 18.8 Å². The van der Waals surface area contributed by atoms with Gasteiger partial charge in [0.05, 0.1) is 5.69 Å². The zero-order chi connectivity index (χ0) is 26.8. The zero-order valence-corrected chi connectivity index (χ0v) is 21.2. The number of pyridine rings is 2. The molecule has 2 aliphatic heterocycles. The van der Waals surface area contributed by atoms with Crippen LogP contribution in [0.15, 0.2) is 102 Å². The molecule has 1 amide bonds. The molecule has 2 aliphatic rings. The molecule has 0 aliphatic carbocycles. The molecule has 6 rings (SSSR count). The molecule has 8 heteroatoms. The van der Waals surface area contributed by atoms with E-state index in [1.54, 1.807) is 27.9 Å². The van der Waals surface area contributed by atoms with E-state index in [1.165, 1.54) is 12.1 Å². The van der Waals surface area contributed by atoms with Gasteiger partial charge in [-0.25, -0.2) is 4.98 Å². The van der Waals surface area contributed by atoms with Crippen LogP contribution < -0.4 is 15.2 Å². The monoisotopic (exact) mass is 522 g/mol. The van der Waals surface area contributed by atoms with E-state index in [9.17, 15) is 14.0 Å². The molecule has 1 atom stereocenters. The number of nitrogens with zero attached hydrogens (tertiary/aromatic N) is 4. The van der Waals surface area contributed by atoms with Crippen molar-refractivity contribution in [2.75, 3.05) is 18.2 Å². The number of aromatic nitrogens is 2. The van der Waals surface area contributed by atoms with Gasteiger partial charge >= 0.3 is 0 Å². The molecule has 2 bridgehead atoms. The summed E-state index contributed by atoms with van der Waals surface area (Å²) < 4.78 is 22.2. The largest absolute Gasteiger partial charge is 0.482 e. The molecule has 2 aromatic carbocycles. The average molecular weight is 523 g/mol. The third kappa shape index (κ3) is 4.81. The number of hydrogen-bond donors (Lipinski definition) is 0. The van der Waals surface area contributed by atoms with Crippen LogP contribution in [-0.2, 0) is 13.0 Å². The van der Waals surface area contributed by atoms with Crippen LogP contribution in [0.3, 0.4) is 0 Å². The lowest BCUT2D eigenvalue weighted by Gasteiger charge is -2.43. The van der Waals surface area contributed by atoms with Gasteiger partial charge in [-0.2, -0.15) is 4.39 Å². The lowest BCUT2D eigenvalue weighted by molar-refractivity contribution is 0.0697. The minimum Gasteiger partial charge on any atom is -0.482 e. The highest BCUT2D eigenvalue weighted by Gasteiger charge is 2.38. The van der Waals surface area contributed by atoms with Crippen molar-refractivity contribution in [3.8, 4) is 5.75 Å². The fourth-order valence-corrected chi connectivity index (χ4v) is 5.23. The Hall–Kier alpha value is -4.72. The average Bonchev–Trinajstić information content (AvgIpc) is 2.98. The SMILES string of the molecule is O=C1c2c(OCc3ccccc3)c(=O)ccn2N2CN1C/C=C\CCc1ccccc1C2c1cccc(F)n1. The highest BCUT2D eigenvalue weighted by atomic mass is 19.1. The Labute approximate surface area is 225 Å². The van der Waals surface area contributed by atoms with Crippen molar-refractivity contribution in [1.29, 1.82) is 0 Å². The first-order valence-electron chi connectivity index (χ1n) is 12.9. The second-order valence-electron chi connectivity index (χ2n) is 9.58. The van der Waals surface area contributed by atoms with Crippen LogP contribution in [0.25, 0.3) is 0 Å². The van der Waals surface area contributed by atoms with E-state index < -0.39 is 12.0 Å². The Morgan fingerprint density at radius 1 is 0.923 bits per heavy atom. The summed E-state index contributed by atoms with van der Waals surface area (Å²) in [5.41, 5.74) is 3.19. The van der Waals surface area contributed by atoms with Crippen molar-refractivity contribution in [1.82, 2.24) is 14.6 Å². The van der Waals surface area contributed by atoms with Crippen molar-refractivity contribution in [2.45, 2.75) is 25.5 Å². The number of fused-ring (bicyclic) bond motifs is 5.